The number of nitrogens with two attached hydrogens (primary N) is 1. The van der Waals surface area contributed by atoms with Gasteiger partial charge < -0.3 is 10.5 Å². The Bertz CT molecular complexity index is 1080. The van der Waals surface area contributed by atoms with Crippen LogP contribution in [0.1, 0.15) is 12.5 Å². The number of nitrogen functional groups attached to an aromatic ring is 1. The molecule has 0 spiro atoms. The van der Waals surface area contributed by atoms with E-state index in [2.05, 4.69) is 9.82 Å². The molecule has 0 atom stereocenters. The van der Waals surface area contributed by atoms with Gasteiger partial charge in [-0.25, -0.2) is 13.1 Å². The molecular formula is C18H17N5O3S. The minimum Gasteiger partial charge on any atom is -0.494 e. The predicted molar refractivity (Wildman–Crippen MR) is 101 cm³/mol. The third-order valence-corrected chi connectivity index (χ3v) is 5.13. The highest BCUT2D eigenvalue weighted by Crippen LogP contribution is 2.22. The standard InChI is InChI=1S/C18H17N5O3S/c1-2-26-16-7-9-17(10-8-16)27(24,25)22-14-3-5-15(6-4-14)23-18(20)13(11-19)12-21-23/h3-10,12,22H,2,20H2,1H3. The van der Waals surface area contributed by atoms with Gasteiger partial charge in [0.05, 0.1) is 23.4 Å². The fourth-order valence-electron chi connectivity index (χ4n) is 2.42. The van der Waals surface area contributed by atoms with Crippen molar-refractivity contribution in [1.82, 2.24) is 9.78 Å². The van der Waals surface area contributed by atoms with Crippen molar-refractivity contribution in [3.8, 4) is 17.5 Å². The first-order valence-electron chi connectivity index (χ1n) is 8.04. The van der Waals surface area contributed by atoms with Gasteiger partial charge in [0, 0.05) is 5.69 Å². The first kappa shape index (κ1) is 18.3. The number of benzene rings is 2. The zero-order valence-electron chi connectivity index (χ0n) is 14.5. The van der Waals surface area contributed by atoms with Gasteiger partial charge in [0.1, 0.15) is 23.2 Å². The summed E-state index contributed by atoms with van der Waals surface area (Å²) in [7, 11) is -3.73. The van der Waals surface area contributed by atoms with Gasteiger partial charge >= 0.3 is 0 Å². The van der Waals surface area contributed by atoms with Crippen LogP contribution in [-0.2, 0) is 10.0 Å². The third-order valence-electron chi connectivity index (χ3n) is 3.74. The Balaban J connectivity index is 1.79. The van der Waals surface area contributed by atoms with Crippen molar-refractivity contribution in [2.45, 2.75) is 11.8 Å². The number of nitriles is 1. The minimum absolute atomic E-state index is 0.130. The molecule has 9 heteroatoms. The zero-order chi connectivity index (χ0) is 19.4. The number of anilines is 2. The molecule has 0 aliphatic rings. The van der Waals surface area contributed by atoms with Gasteiger partial charge in [0.2, 0.25) is 0 Å². The van der Waals surface area contributed by atoms with Gasteiger partial charge in [-0.15, -0.1) is 0 Å². The van der Waals surface area contributed by atoms with Crippen LogP contribution < -0.4 is 15.2 Å². The molecule has 0 aliphatic carbocycles. The van der Waals surface area contributed by atoms with Crippen molar-refractivity contribution >= 4 is 21.5 Å². The Labute approximate surface area is 156 Å². The molecule has 2 aromatic carbocycles. The lowest BCUT2D eigenvalue weighted by Gasteiger charge is -2.10. The number of ether oxygens (including phenoxy) is 1. The lowest BCUT2D eigenvalue weighted by atomic mass is 10.3. The van der Waals surface area contributed by atoms with E-state index in [-0.39, 0.29) is 16.3 Å². The van der Waals surface area contributed by atoms with E-state index in [1.807, 2.05) is 13.0 Å². The van der Waals surface area contributed by atoms with E-state index in [1.54, 1.807) is 36.4 Å². The van der Waals surface area contributed by atoms with Crippen molar-refractivity contribution in [1.29, 1.82) is 5.26 Å². The highest BCUT2D eigenvalue weighted by atomic mass is 32.2. The molecule has 0 saturated heterocycles. The number of hydrogen-bond acceptors (Lipinski definition) is 6. The topological polar surface area (TPSA) is 123 Å². The molecule has 3 rings (SSSR count). The Morgan fingerprint density at radius 3 is 2.41 bits per heavy atom. The molecule has 27 heavy (non-hydrogen) atoms. The van der Waals surface area contributed by atoms with Gasteiger partial charge in [0.25, 0.3) is 10.0 Å². The normalized spacial score (nSPS) is 11.0. The fourth-order valence-corrected chi connectivity index (χ4v) is 3.47. The van der Waals surface area contributed by atoms with Crippen molar-refractivity contribution in [3.63, 3.8) is 0 Å². The molecule has 0 saturated carbocycles. The summed E-state index contributed by atoms with van der Waals surface area (Å²) in [6.45, 7) is 2.36. The van der Waals surface area contributed by atoms with Gasteiger partial charge in [-0.3, -0.25) is 4.72 Å². The summed E-state index contributed by atoms with van der Waals surface area (Å²) in [5.41, 5.74) is 7.12. The molecule has 1 heterocycles. The highest BCUT2D eigenvalue weighted by Gasteiger charge is 2.15. The van der Waals surface area contributed by atoms with Crippen LogP contribution in [0.2, 0.25) is 0 Å². The Morgan fingerprint density at radius 1 is 1.19 bits per heavy atom. The lowest BCUT2D eigenvalue weighted by molar-refractivity contribution is 0.340. The van der Waals surface area contributed by atoms with E-state index in [4.69, 9.17) is 15.7 Å². The summed E-state index contributed by atoms with van der Waals surface area (Å²) >= 11 is 0. The molecule has 138 valence electrons. The monoisotopic (exact) mass is 383 g/mol. The van der Waals surface area contributed by atoms with Crippen LogP contribution in [0.3, 0.4) is 0 Å². The molecule has 0 fully saturated rings. The molecule has 0 amide bonds. The Kier molecular flexibility index (Phi) is 5.00. The number of sulfonamides is 1. The van der Waals surface area contributed by atoms with E-state index in [1.165, 1.54) is 23.0 Å². The second-order valence-electron chi connectivity index (χ2n) is 5.52. The molecule has 0 aliphatic heterocycles. The molecular weight excluding hydrogens is 366 g/mol. The van der Waals surface area contributed by atoms with Crippen LogP contribution in [0.15, 0.2) is 59.6 Å². The van der Waals surface area contributed by atoms with Crippen LogP contribution >= 0.6 is 0 Å². The SMILES string of the molecule is CCOc1ccc(S(=O)(=O)Nc2ccc(-n3ncc(C#N)c3N)cc2)cc1. The van der Waals surface area contributed by atoms with Crippen molar-refractivity contribution in [2.24, 2.45) is 0 Å². The maximum atomic E-state index is 12.5. The second kappa shape index (κ2) is 7.39. The maximum Gasteiger partial charge on any atom is 0.261 e. The van der Waals surface area contributed by atoms with Crippen LogP contribution in [-0.4, -0.2) is 24.8 Å². The number of rotatable bonds is 6. The average Bonchev–Trinajstić information content (AvgIpc) is 3.03. The summed E-state index contributed by atoms with van der Waals surface area (Å²) < 4.78 is 34.2. The van der Waals surface area contributed by atoms with Crippen LogP contribution in [0.25, 0.3) is 5.69 Å². The molecule has 0 bridgehead atoms. The van der Waals surface area contributed by atoms with Crippen molar-refractivity contribution < 1.29 is 13.2 Å². The van der Waals surface area contributed by atoms with Crippen LogP contribution in [0.5, 0.6) is 5.75 Å². The van der Waals surface area contributed by atoms with Gasteiger partial charge in [0.15, 0.2) is 0 Å². The van der Waals surface area contributed by atoms with Crippen LogP contribution in [0.4, 0.5) is 11.5 Å². The number of aromatic nitrogens is 2. The predicted octanol–water partition coefficient (Wildman–Crippen LogP) is 2.53. The molecule has 1 aromatic heterocycles. The summed E-state index contributed by atoms with van der Waals surface area (Å²) in [5.74, 6) is 0.828. The van der Waals surface area contributed by atoms with Gasteiger partial charge in [-0.2, -0.15) is 10.4 Å². The van der Waals surface area contributed by atoms with Gasteiger partial charge in [-0.1, -0.05) is 0 Å². The van der Waals surface area contributed by atoms with Crippen LogP contribution in [0, 0.1) is 11.3 Å². The quantitative estimate of drug-likeness (QED) is 0.674. The number of nitrogens with one attached hydrogen (secondary N) is 1. The molecule has 3 N–H and O–H groups in total. The van der Waals surface area contributed by atoms with E-state index in [0.717, 1.165) is 0 Å². The van der Waals surface area contributed by atoms with E-state index in [9.17, 15) is 8.42 Å². The minimum atomic E-state index is -3.73. The Hall–Kier alpha value is -3.51. The number of hydrogen-bond donors (Lipinski definition) is 2. The largest absolute Gasteiger partial charge is 0.494 e. The first-order chi connectivity index (χ1) is 12.9. The van der Waals surface area contributed by atoms with Gasteiger partial charge in [-0.05, 0) is 55.5 Å². The van der Waals surface area contributed by atoms with Crippen molar-refractivity contribution in [2.75, 3.05) is 17.1 Å². The second-order valence-corrected chi connectivity index (χ2v) is 7.21. The average molecular weight is 383 g/mol. The number of nitrogens with zero attached hydrogens (tertiary/aromatic N) is 3. The molecule has 3 aromatic rings. The lowest BCUT2D eigenvalue weighted by Crippen LogP contribution is -2.13. The first-order valence-corrected chi connectivity index (χ1v) is 9.52. The summed E-state index contributed by atoms with van der Waals surface area (Å²) in [6.07, 6.45) is 1.37. The summed E-state index contributed by atoms with van der Waals surface area (Å²) in [4.78, 5) is 0.130. The maximum absolute atomic E-state index is 12.5. The summed E-state index contributed by atoms with van der Waals surface area (Å²) in [6, 6.07) is 14.6. The highest BCUT2D eigenvalue weighted by molar-refractivity contribution is 7.92. The smallest absolute Gasteiger partial charge is 0.261 e. The van der Waals surface area contributed by atoms with E-state index >= 15 is 0 Å². The fraction of sp³-hybridized carbons (Fsp3) is 0.111. The van der Waals surface area contributed by atoms with Crippen molar-refractivity contribution in [3.05, 3.63) is 60.3 Å². The summed E-state index contributed by atoms with van der Waals surface area (Å²) in [5, 5.41) is 13.0. The molecule has 0 radical (unpaired) electrons. The third kappa shape index (κ3) is 3.86. The van der Waals surface area contributed by atoms with E-state index in [0.29, 0.717) is 23.7 Å². The zero-order valence-corrected chi connectivity index (χ0v) is 15.3. The molecule has 8 nitrogen and oxygen atoms in total. The Morgan fingerprint density at radius 2 is 1.85 bits per heavy atom. The van der Waals surface area contributed by atoms with E-state index < -0.39 is 10.0 Å². The molecule has 0 unspecified atom stereocenters.